The van der Waals surface area contributed by atoms with Crippen LogP contribution in [-0.2, 0) is 9.13 Å². The molecule has 214 valence electrons. The largest absolute Gasteiger partial charge is 0.323 e. The van der Waals surface area contributed by atoms with E-state index in [1.54, 1.807) is 0 Å². The molecule has 0 heterocycles. The fraction of sp³-hybridized carbons (Fsp3) is 0.647. The fourth-order valence-corrected chi connectivity index (χ4v) is 19.4. The van der Waals surface area contributed by atoms with Crippen molar-refractivity contribution in [2.75, 3.05) is 6.16 Å². The summed E-state index contributed by atoms with van der Waals surface area (Å²) in [7, 11) is -1.94. The molecule has 0 aromatic heterocycles. The Balaban J connectivity index is 1.50. The minimum absolute atomic E-state index is 0.124. The van der Waals surface area contributed by atoms with Crippen molar-refractivity contribution in [3.8, 4) is 0 Å². The molecule has 0 saturated heterocycles. The average Bonchev–Trinajstić information content (AvgIpc) is 3.02. The lowest BCUT2D eigenvalue weighted by molar-refractivity contribution is -0.0800. The summed E-state index contributed by atoms with van der Waals surface area (Å²) in [6, 6.07) is 20.7. The summed E-state index contributed by atoms with van der Waals surface area (Å²) in [6.07, 6.45) is 15.3. The first-order valence-corrected chi connectivity index (χ1v) is 20.4. The highest BCUT2D eigenvalue weighted by molar-refractivity contribution is 7.78. The van der Waals surface area contributed by atoms with Crippen molar-refractivity contribution < 1.29 is 9.13 Å². The van der Waals surface area contributed by atoms with Gasteiger partial charge < -0.3 is 9.13 Å². The van der Waals surface area contributed by atoms with Gasteiger partial charge in [0.25, 0.3) is 0 Å². The van der Waals surface area contributed by atoms with E-state index < -0.39 is 14.3 Å². The predicted octanol–water partition coefficient (Wildman–Crippen LogP) is 7.61. The molecule has 5 aliphatic rings. The minimum atomic E-state index is -2.93. The summed E-state index contributed by atoms with van der Waals surface area (Å²) in [4.78, 5) is 0. The Morgan fingerprint density at radius 3 is 1.68 bits per heavy atom. The van der Waals surface area contributed by atoms with Crippen molar-refractivity contribution >= 4 is 39.8 Å². The van der Waals surface area contributed by atoms with Gasteiger partial charge in [-0.25, -0.2) is 0 Å². The van der Waals surface area contributed by atoms with E-state index in [-0.39, 0.29) is 22.3 Å². The molecule has 0 aliphatic heterocycles. The molecule has 40 heavy (non-hydrogen) atoms. The van der Waals surface area contributed by atoms with Crippen molar-refractivity contribution in [3.05, 3.63) is 60.7 Å². The van der Waals surface area contributed by atoms with Gasteiger partial charge in [-0.3, -0.25) is 0 Å². The maximum absolute atomic E-state index is 16.2. The zero-order valence-electron chi connectivity index (χ0n) is 25.3. The maximum Gasteiger partial charge on any atom is 0.143 e. The number of benzene rings is 2. The monoisotopic (exact) mass is 574 g/mol. The standard InChI is InChI=1S/C34H50B2O2P2/c1-33(2)26-23-32(40(38,29-19-11-5-12-20-29)30-21-13-6-14-22-30)31(34(33,24-26)36-35)25-39(37,27-15-7-3-8-16-27)28-17-9-4-10-18-28/h3-4,7-10,15-18,26,29-32,36H,5-6,11-14,19-25,35H2,1-2H3/t26?,31-,32-,34?/m1/s1. The zero-order valence-corrected chi connectivity index (χ0v) is 27.1. The lowest BCUT2D eigenvalue weighted by Crippen LogP contribution is -2.65. The molecule has 2 bridgehead atoms. The van der Waals surface area contributed by atoms with Crippen LogP contribution in [-0.4, -0.2) is 38.0 Å². The van der Waals surface area contributed by atoms with Crippen LogP contribution in [0.25, 0.3) is 0 Å². The van der Waals surface area contributed by atoms with Crippen molar-refractivity contribution in [2.24, 2.45) is 17.3 Å². The Hall–Kier alpha value is -0.970. The molecular formula is C34H50B2O2P2. The second-order valence-corrected chi connectivity index (χ2v) is 21.0. The maximum atomic E-state index is 16.2. The van der Waals surface area contributed by atoms with Gasteiger partial charge in [0.15, 0.2) is 0 Å². The molecule has 5 fully saturated rings. The van der Waals surface area contributed by atoms with E-state index in [1.165, 1.54) is 70.6 Å². The molecule has 0 spiro atoms. The van der Waals surface area contributed by atoms with Gasteiger partial charge in [-0.1, -0.05) is 125 Å². The van der Waals surface area contributed by atoms with Gasteiger partial charge in [0.05, 0.1) is 22.0 Å². The molecule has 2 nitrogen and oxygen atoms in total. The Morgan fingerprint density at radius 2 is 1.25 bits per heavy atom. The van der Waals surface area contributed by atoms with Crippen molar-refractivity contribution in [1.29, 1.82) is 0 Å². The molecule has 2 aromatic rings. The number of hydrogen-bond donors (Lipinski definition) is 0. The van der Waals surface area contributed by atoms with Crippen molar-refractivity contribution in [2.45, 2.75) is 113 Å². The van der Waals surface area contributed by atoms with Gasteiger partial charge >= 0.3 is 0 Å². The third kappa shape index (κ3) is 4.53. The van der Waals surface area contributed by atoms with Crippen LogP contribution in [0.3, 0.4) is 0 Å². The number of hydrogen-bond acceptors (Lipinski definition) is 2. The SMILES string of the molecule is BBC12CC(C[C@@H](P(=O)(C3CCCCC3)C3CCCCC3)[C@H]1CP(=O)(c1ccccc1)c1ccccc1)C2(C)C. The van der Waals surface area contributed by atoms with Crippen LogP contribution in [0, 0.1) is 17.3 Å². The molecule has 2 aromatic carbocycles. The molecule has 0 amide bonds. The van der Waals surface area contributed by atoms with Crippen molar-refractivity contribution in [1.82, 2.24) is 0 Å². The van der Waals surface area contributed by atoms with Gasteiger partial charge in [-0.05, 0) is 49.4 Å². The molecule has 5 aliphatic carbocycles. The molecule has 0 N–H and O–H groups in total. The minimum Gasteiger partial charge on any atom is -0.323 e. The van der Waals surface area contributed by atoms with Crippen LogP contribution in [0.15, 0.2) is 60.7 Å². The third-order valence-electron chi connectivity index (χ3n) is 12.9. The Bertz CT molecular complexity index is 1190. The van der Waals surface area contributed by atoms with Crippen LogP contribution in [0.2, 0.25) is 5.31 Å². The lowest BCUT2D eigenvalue weighted by atomic mass is 9.19. The lowest BCUT2D eigenvalue weighted by Gasteiger charge is -2.73. The molecule has 5 saturated carbocycles. The number of rotatable bonds is 8. The summed E-state index contributed by atoms with van der Waals surface area (Å²) < 4.78 is 31.8. The summed E-state index contributed by atoms with van der Waals surface area (Å²) in [5.41, 5.74) is 1.26. The number of fused-ring (bicyclic) bond motifs is 2. The van der Waals surface area contributed by atoms with E-state index in [0.717, 1.165) is 24.2 Å². The highest BCUT2D eigenvalue weighted by atomic mass is 31.2. The van der Waals surface area contributed by atoms with Gasteiger partial charge in [-0.2, -0.15) is 0 Å². The normalized spacial score (nSPS) is 31.3. The van der Waals surface area contributed by atoms with E-state index in [2.05, 4.69) is 70.1 Å². The first-order valence-electron chi connectivity index (χ1n) is 16.6. The first kappa shape index (κ1) is 29.1. The Labute approximate surface area is 245 Å². The van der Waals surface area contributed by atoms with Crippen LogP contribution < -0.4 is 10.6 Å². The summed E-state index contributed by atoms with van der Waals surface area (Å²) in [5, 5.41) is 2.09. The van der Waals surface area contributed by atoms with Gasteiger partial charge in [0.1, 0.15) is 7.14 Å². The third-order valence-corrected chi connectivity index (χ3v) is 21.0. The highest BCUT2D eigenvalue weighted by Crippen LogP contribution is 2.82. The Kier molecular flexibility index (Phi) is 8.20. The molecule has 0 radical (unpaired) electrons. The van der Waals surface area contributed by atoms with Gasteiger partial charge in [-0.15, -0.1) is 0 Å². The highest BCUT2D eigenvalue weighted by Gasteiger charge is 2.70. The van der Waals surface area contributed by atoms with E-state index in [9.17, 15) is 0 Å². The first-order chi connectivity index (χ1) is 19.3. The van der Waals surface area contributed by atoms with Crippen LogP contribution in [0.4, 0.5) is 0 Å². The molecular weight excluding hydrogens is 524 g/mol. The van der Waals surface area contributed by atoms with Crippen LogP contribution in [0.1, 0.15) is 90.9 Å². The van der Waals surface area contributed by atoms with Crippen LogP contribution in [0.5, 0.6) is 0 Å². The summed E-state index contributed by atoms with van der Waals surface area (Å²) in [5.74, 6) is 0.903. The molecule has 4 atom stereocenters. The summed E-state index contributed by atoms with van der Waals surface area (Å²) >= 11 is 0. The quantitative estimate of drug-likeness (QED) is 0.240. The average molecular weight is 574 g/mol. The van der Waals surface area contributed by atoms with E-state index in [1.807, 2.05) is 12.1 Å². The van der Waals surface area contributed by atoms with E-state index in [4.69, 9.17) is 0 Å². The second-order valence-electron chi connectivity index (χ2n) is 14.5. The van der Waals surface area contributed by atoms with Crippen molar-refractivity contribution in [3.63, 3.8) is 0 Å². The predicted molar refractivity (Wildman–Crippen MR) is 178 cm³/mol. The van der Waals surface area contributed by atoms with E-state index in [0.29, 0.717) is 23.4 Å². The summed E-state index contributed by atoms with van der Waals surface area (Å²) in [6.45, 7) is 4.99. The molecule has 2 unspecified atom stereocenters. The molecule has 6 heteroatoms. The van der Waals surface area contributed by atoms with Gasteiger partial charge in [0.2, 0.25) is 0 Å². The fourth-order valence-electron chi connectivity index (χ4n) is 10.5. The topological polar surface area (TPSA) is 34.1 Å². The smallest absolute Gasteiger partial charge is 0.143 e. The Morgan fingerprint density at radius 1 is 0.775 bits per heavy atom. The second kappa shape index (κ2) is 11.3. The van der Waals surface area contributed by atoms with Crippen LogP contribution >= 0.6 is 14.3 Å². The van der Waals surface area contributed by atoms with E-state index >= 15 is 9.13 Å². The van der Waals surface area contributed by atoms with Gasteiger partial charge in [0, 0.05) is 33.7 Å². The molecule has 7 rings (SSSR count). The zero-order chi connectivity index (χ0) is 28.0.